The lowest BCUT2D eigenvalue weighted by Gasteiger charge is -2.32. The first-order chi connectivity index (χ1) is 29.4. The number of carbonyl (C=O) groups is 2. The predicted octanol–water partition coefficient (Wildman–Crippen LogP) is 5.49. The van der Waals surface area contributed by atoms with Crippen LogP contribution in [0.1, 0.15) is 78.9 Å². The van der Waals surface area contributed by atoms with Crippen LogP contribution >= 0.6 is 0 Å². The van der Waals surface area contributed by atoms with Crippen molar-refractivity contribution in [2.75, 3.05) is 25.4 Å². The lowest BCUT2D eigenvalue weighted by atomic mass is 9.93. The zero-order valence-electron chi connectivity index (χ0n) is 34.2. The Hall–Kier alpha value is -7.10. The van der Waals surface area contributed by atoms with Gasteiger partial charge in [0.05, 0.1) is 16.6 Å². The average Bonchev–Trinajstić information content (AvgIpc) is 3.97. The molecule has 8 N–H and O–H groups in total. The van der Waals surface area contributed by atoms with E-state index >= 15 is 0 Å². The molecule has 316 valence electrons. The molecule has 1 fully saturated rings. The summed E-state index contributed by atoms with van der Waals surface area (Å²) in [6.07, 6.45) is 8.91. The molecule has 0 aliphatic carbocycles. The molecule has 0 saturated carbocycles. The van der Waals surface area contributed by atoms with Crippen molar-refractivity contribution in [1.29, 1.82) is 0 Å². The maximum Gasteiger partial charge on any atom is 0.348 e. The van der Waals surface area contributed by atoms with E-state index in [2.05, 4.69) is 41.2 Å². The zero-order valence-corrected chi connectivity index (χ0v) is 34.2. The molecule has 7 aromatic rings. The Morgan fingerprint density at radius 1 is 0.984 bits per heavy atom. The number of nitrogens with zero attached hydrogens (tertiary/aromatic N) is 5. The van der Waals surface area contributed by atoms with E-state index in [0.717, 1.165) is 60.9 Å². The Bertz CT molecular complexity index is 2840. The van der Waals surface area contributed by atoms with Crippen LogP contribution in [0.15, 0.2) is 82.6 Å². The van der Waals surface area contributed by atoms with Gasteiger partial charge in [0.25, 0.3) is 11.5 Å². The van der Waals surface area contributed by atoms with Crippen LogP contribution < -0.4 is 22.3 Å². The molecule has 0 unspecified atom stereocenters. The molecule has 16 heteroatoms. The molecule has 0 spiro atoms. The number of aromatic nitrogens is 7. The number of carbonyl (C=O) groups excluding carboxylic acids is 2. The molecule has 1 saturated heterocycles. The van der Waals surface area contributed by atoms with Crippen LogP contribution in [0.4, 0.5) is 5.95 Å². The monoisotopic (exact) mass is 826 g/mol. The minimum atomic E-state index is -0.440. The van der Waals surface area contributed by atoms with E-state index in [-0.39, 0.29) is 46.6 Å². The minimum absolute atomic E-state index is 0.00700. The molecule has 1 aliphatic heterocycles. The Kier molecular flexibility index (Phi) is 11.5. The molecular weight excluding hydrogens is 777 g/mol. The van der Waals surface area contributed by atoms with Crippen LogP contribution in [-0.2, 0) is 24.2 Å². The number of likely N-dealkylation sites (tertiary alicyclic amines) is 1. The van der Waals surface area contributed by atoms with Gasteiger partial charge in [0.1, 0.15) is 17.1 Å². The zero-order chi connectivity index (χ0) is 42.8. The van der Waals surface area contributed by atoms with Crippen LogP contribution in [0, 0.1) is 5.92 Å². The Balaban J connectivity index is 0.771. The van der Waals surface area contributed by atoms with Crippen molar-refractivity contribution in [2.45, 2.75) is 71.3 Å². The van der Waals surface area contributed by atoms with Crippen LogP contribution in [-0.4, -0.2) is 80.8 Å². The van der Waals surface area contributed by atoms with Gasteiger partial charge in [-0.1, -0.05) is 26.0 Å². The predicted molar refractivity (Wildman–Crippen MR) is 233 cm³/mol. The summed E-state index contributed by atoms with van der Waals surface area (Å²) in [6, 6.07) is 18.1. The van der Waals surface area contributed by atoms with E-state index in [9.17, 15) is 29.4 Å². The van der Waals surface area contributed by atoms with Crippen molar-refractivity contribution in [2.24, 2.45) is 5.92 Å². The molecule has 8 rings (SSSR count). The number of anilines is 1. The van der Waals surface area contributed by atoms with Crippen LogP contribution in [0.3, 0.4) is 0 Å². The van der Waals surface area contributed by atoms with Crippen LogP contribution in [0.5, 0.6) is 11.5 Å². The van der Waals surface area contributed by atoms with Crippen molar-refractivity contribution in [3.05, 3.63) is 116 Å². The van der Waals surface area contributed by atoms with Gasteiger partial charge in [0, 0.05) is 67.5 Å². The number of aryl methyl sites for hydroxylation is 3. The number of rotatable bonds is 14. The van der Waals surface area contributed by atoms with E-state index in [0.29, 0.717) is 71.6 Å². The molecule has 2 amide bonds. The fourth-order valence-corrected chi connectivity index (χ4v) is 8.39. The first-order valence-electron chi connectivity index (χ1n) is 20.8. The molecule has 1 aliphatic rings. The average molecular weight is 827 g/mol. The summed E-state index contributed by atoms with van der Waals surface area (Å²) in [7, 11) is 0. The number of fused-ring (bicyclic) bond motifs is 2. The number of aromatic amines is 3. The van der Waals surface area contributed by atoms with Gasteiger partial charge < -0.3 is 35.7 Å². The number of benzene rings is 3. The van der Waals surface area contributed by atoms with Crippen molar-refractivity contribution in [1.82, 2.24) is 44.5 Å². The van der Waals surface area contributed by atoms with Gasteiger partial charge in [-0.05, 0) is 110 Å². The summed E-state index contributed by atoms with van der Waals surface area (Å²) in [5.41, 5.74) is 10.4. The van der Waals surface area contributed by atoms with Crippen molar-refractivity contribution in [3.8, 4) is 28.6 Å². The van der Waals surface area contributed by atoms with Crippen LogP contribution in [0.25, 0.3) is 39.0 Å². The highest BCUT2D eigenvalue weighted by molar-refractivity contribution is 5.94. The van der Waals surface area contributed by atoms with Gasteiger partial charge in [-0.15, -0.1) is 0 Å². The minimum Gasteiger partial charge on any atom is -0.508 e. The molecule has 0 bridgehead atoms. The fourth-order valence-electron chi connectivity index (χ4n) is 8.39. The Morgan fingerprint density at radius 3 is 2.54 bits per heavy atom. The maximum absolute atomic E-state index is 13.0. The van der Waals surface area contributed by atoms with Crippen molar-refractivity contribution >= 4 is 39.7 Å². The number of nitrogens with one attached hydrogen (secondary N) is 4. The first-order valence-corrected chi connectivity index (χ1v) is 20.8. The molecule has 16 nitrogen and oxygen atoms in total. The van der Waals surface area contributed by atoms with E-state index in [1.807, 2.05) is 55.1 Å². The number of nitrogens with two attached hydrogens (primary N) is 1. The number of amides is 2. The molecule has 61 heavy (non-hydrogen) atoms. The second-order valence-electron chi connectivity index (χ2n) is 16.2. The summed E-state index contributed by atoms with van der Waals surface area (Å²) < 4.78 is 3.64. The molecule has 5 heterocycles. The normalized spacial score (nSPS) is 13.5. The summed E-state index contributed by atoms with van der Waals surface area (Å²) in [5, 5.41) is 32.2. The Morgan fingerprint density at radius 2 is 1.77 bits per heavy atom. The second-order valence-corrected chi connectivity index (χ2v) is 16.2. The number of phenols is 2. The second kappa shape index (κ2) is 17.2. The van der Waals surface area contributed by atoms with Gasteiger partial charge in [0.2, 0.25) is 11.9 Å². The number of nitrogen functional groups attached to an aromatic ring is 1. The highest BCUT2D eigenvalue weighted by atomic mass is 16.3. The SMILES string of the molecule is CC(C)c1cc(-c2n[nH]c(=O)n2-c2ccc3c(ccn3CCC3CCN(C(=O)CCCNC(=O)c4ccc(CCc5c[nH]c6nc(N)[nH]c(=O)c56)cc4)CC3)c2)c(O)cc1O. The third-order valence-electron chi connectivity index (χ3n) is 11.8. The third-order valence-corrected chi connectivity index (χ3v) is 11.8. The lowest BCUT2D eigenvalue weighted by Crippen LogP contribution is -2.39. The number of hydrogen-bond donors (Lipinski definition) is 7. The smallest absolute Gasteiger partial charge is 0.348 e. The van der Waals surface area contributed by atoms with Crippen molar-refractivity contribution in [3.63, 3.8) is 0 Å². The highest BCUT2D eigenvalue weighted by Gasteiger charge is 2.24. The highest BCUT2D eigenvalue weighted by Crippen LogP contribution is 2.37. The van der Waals surface area contributed by atoms with E-state index in [1.54, 1.807) is 24.4 Å². The van der Waals surface area contributed by atoms with Gasteiger partial charge >= 0.3 is 5.69 Å². The van der Waals surface area contributed by atoms with Gasteiger partial charge in [0.15, 0.2) is 5.82 Å². The maximum atomic E-state index is 13.0. The largest absolute Gasteiger partial charge is 0.508 e. The molecule has 4 aromatic heterocycles. The molecular formula is C45H50N10O6. The fraction of sp³-hybridized carbons (Fsp3) is 0.333. The summed E-state index contributed by atoms with van der Waals surface area (Å²) in [6.45, 7) is 6.54. The number of aromatic hydroxyl groups is 2. The lowest BCUT2D eigenvalue weighted by molar-refractivity contribution is -0.132. The number of H-pyrrole nitrogens is 3. The summed E-state index contributed by atoms with van der Waals surface area (Å²) in [5.74, 6) is 0.542. The number of piperidine rings is 1. The van der Waals surface area contributed by atoms with Crippen molar-refractivity contribution < 1.29 is 19.8 Å². The summed E-state index contributed by atoms with van der Waals surface area (Å²) in [4.78, 5) is 62.8. The van der Waals surface area contributed by atoms with E-state index in [1.165, 1.54) is 10.6 Å². The van der Waals surface area contributed by atoms with E-state index in [4.69, 9.17) is 5.73 Å². The van der Waals surface area contributed by atoms with Gasteiger partial charge in [-0.3, -0.25) is 19.4 Å². The topological polar surface area (TPSA) is 233 Å². The summed E-state index contributed by atoms with van der Waals surface area (Å²) >= 11 is 0. The van der Waals surface area contributed by atoms with Crippen LogP contribution in [0.2, 0.25) is 0 Å². The molecule has 0 atom stereocenters. The quantitative estimate of drug-likeness (QED) is 0.0687. The third kappa shape index (κ3) is 8.65. The number of phenolic OH excluding ortho intramolecular Hbond substituents is 2. The molecule has 3 aromatic carbocycles. The van der Waals surface area contributed by atoms with E-state index < -0.39 is 5.69 Å². The molecule has 0 radical (unpaired) electrons. The standard InChI is InChI=1S/C45H50N10O6/c1-26(2)33-23-34(37(57)24-36(33)56)41-51-52-45(61)55(41)32-11-12-35-30(22-32)16-21-53(35)18-13-28-14-19-54(20-15-28)38(58)4-3-17-47-42(59)29-8-5-27(6-9-29)7-10-31-25-48-40-39(31)43(60)50-44(46)49-40/h5-6,8-9,11-12,16,21-26,28,56-57H,3-4,7,10,13-15,17-20H2,1-2H3,(H,47,59)(H,52,61)(H4,46,48,49,50,60). The first kappa shape index (κ1) is 40.7. The number of hydrogen-bond acceptors (Lipinski definition) is 9. The van der Waals surface area contributed by atoms with Gasteiger partial charge in [-0.2, -0.15) is 10.1 Å². The van der Waals surface area contributed by atoms with Gasteiger partial charge in [-0.25, -0.2) is 14.5 Å². The Labute approximate surface area is 350 Å².